The lowest BCUT2D eigenvalue weighted by Gasteiger charge is -2.02. The van der Waals surface area contributed by atoms with Crippen LogP contribution in [-0.2, 0) is 22.6 Å². The van der Waals surface area contributed by atoms with Crippen LogP contribution >= 0.6 is 0 Å². The summed E-state index contributed by atoms with van der Waals surface area (Å²) in [6, 6.07) is 5.06. The number of aromatic carboxylic acids is 1. The number of carbonyl (C=O) groups is 1. The first-order valence-corrected chi connectivity index (χ1v) is 6.95. The highest BCUT2D eigenvalue weighted by molar-refractivity contribution is 7.90. The van der Waals surface area contributed by atoms with Crippen LogP contribution in [0.5, 0.6) is 0 Å². The SMILES string of the molecule is Cn1cc(CS(=O)(=O)c2ccc(C(=O)O)cc2)nn1. The maximum Gasteiger partial charge on any atom is 0.335 e. The van der Waals surface area contributed by atoms with Crippen molar-refractivity contribution in [2.75, 3.05) is 0 Å². The smallest absolute Gasteiger partial charge is 0.335 e. The van der Waals surface area contributed by atoms with E-state index in [4.69, 9.17) is 5.11 Å². The molecule has 0 aliphatic carbocycles. The van der Waals surface area contributed by atoms with Crippen molar-refractivity contribution in [3.63, 3.8) is 0 Å². The summed E-state index contributed by atoms with van der Waals surface area (Å²) < 4.78 is 25.6. The molecule has 7 nitrogen and oxygen atoms in total. The summed E-state index contributed by atoms with van der Waals surface area (Å²) in [7, 11) is -1.91. The molecular formula is C11H11N3O4S. The molecule has 0 saturated carbocycles. The predicted molar refractivity (Wildman–Crippen MR) is 65.3 cm³/mol. The molecule has 2 rings (SSSR count). The van der Waals surface area contributed by atoms with Crippen molar-refractivity contribution in [2.24, 2.45) is 7.05 Å². The second kappa shape index (κ2) is 4.81. The van der Waals surface area contributed by atoms with Crippen molar-refractivity contribution in [1.29, 1.82) is 0 Å². The van der Waals surface area contributed by atoms with Crippen LogP contribution in [0.15, 0.2) is 35.4 Å². The summed E-state index contributed by atoms with van der Waals surface area (Å²) in [5, 5.41) is 16.1. The third kappa shape index (κ3) is 2.97. The van der Waals surface area contributed by atoms with Crippen molar-refractivity contribution >= 4 is 15.8 Å². The molecule has 0 aliphatic heterocycles. The Morgan fingerprint density at radius 2 is 1.95 bits per heavy atom. The van der Waals surface area contributed by atoms with Gasteiger partial charge in [0.1, 0.15) is 5.75 Å². The minimum absolute atomic E-state index is 0.0402. The minimum atomic E-state index is -3.55. The Bertz CT molecular complexity index is 704. The van der Waals surface area contributed by atoms with Crippen LogP contribution in [-0.4, -0.2) is 34.5 Å². The highest BCUT2D eigenvalue weighted by Crippen LogP contribution is 2.16. The van der Waals surface area contributed by atoms with Gasteiger partial charge in [-0.2, -0.15) is 0 Å². The molecule has 1 N–H and O–H groups in total. The maximum absolute atomic E-state index is 12.1. The number of rotatable bonds is 4. The predicted octanol–water partition coefficient (Wildman–Crippen LogP) is 0.487. The van der Waals surface area contributed by atoms with Gasteiger partial charge in [0.2, 0.25) is 0 Å². The Morgan fingerprint density at radius 3 is 2.42 bits per heavy atom. The van der Waals surface area contributed by atoms with Gasteiger partial charge in [0.05, 0.1) is 16.2 Å². The number of hydrogen-bond donors (Lipinski definition) is 1. The van der Waals surface area contributed by atoms with Crippen molar-refractivity contribution in [1.82, 2.24) is 15.0 Å². The molecule has 0 aliphatic rings. The maximum atomic E-state index is 12.1. The molecule has 19 heavy (non-hydrogen) atoms. The van der Waals surface area contributed by atoms with Gasteiger partial charge in [0.15, 0.2) is 9.84 Å². The van der Waals surface area contributed by atoms with Crippen LogP contribution < -0.4 is 0 Å². The minimum Gasteiger partial charge on any atom is -0.478 e. The fraction of sp³-hybridized carbons (Fsp3) is 0.182. The molecule has 0 spiro atoms. The van der Waals surface area contributed by atoms with E-state index < -0.39 is 15.8 Å². The summed E-state index contributed by atoms with van der Waals surface area (Å²) >= 11 is 0. The molecule has 0 saturated heterocycles. The molecule has 0 unspecified atom stereocenters. The number of nitrogens with zero attached hydrogens (tertiary/aromatic N) is 3. The molecule has 0 fully saturated rings. The molecule has 1 aromatic carbocycles. The first-order valence-electron chi connectivity index (χ1n) is 5.30. The van der Waals surface area contributed by atoms with Gasteiger partial charge in [0.25, 0.3) is 0 Å². The average Bonchev–Trinajstić information content (AvgIpc) is 2.74. The van der Waals surface area contributed by atoms with Crippen LogP contribution in [0.3, 0.4) is 0 Å². The Hall–Kier alpha value is -2.22. The molecule has 0 radical (unpaired) electrons. The summed E-state index contributed by atoms with van der Waals surface area (Å²) in [6.45, 7) is 0. The average molecular weight is 281 g/mol. The number of hydrogen-bond acceptors (Lipinski definition) is 5. The van der Waals surface area contributed by atoms with Gasteiger partial charge in [-0.1, -0.05) is 5.21 Å². The molecule has 0 bridgehead atoms. The van der Waals surface area contributed by atoms with Crippen molar-refractivity contribution in [3.05, 3.63) is 41.7 Å². The number of carboxylic acid groups (broad SMARTS) is 1. The van der Waals surface area contributed by atoms with E-state index in [2.05, 4.69) is 10.3 Å². The standard InChI is InChI=1S/C11H11N3O4S/c1-14-6-9(12-13-14)7-19(17,18)10-4-2-8(3-5-10)11(15)16/h2-6H,7H2,1H3,(H,15,16). The van der Waals surface area contributed by atoms with Crippen LogP contribution in [0.2, 0.25) is 0 Å². The first-order chi connectivity index (χ1) is 8.88. The molecule has 1 aromatic heterocycles. The fourth-order valence-electron chi connectivity index (χ4n) is 1.54. The summed E-state index contributed by atoms with van der Waals surface area (Å²) in [4.78, 5) is 10.7. The topological polar surface area (TPSA) is 102 Å². The van der Waals surface area contributed by atoms with E-state index in [1.807, 2.05) is 0 Å². The number of aryl methyl sites for hydroxylation is 1. The van der Waals surface area contributed by atoms with E-state index in [1.165, 1.54) is 35.1 Å². The number of benzene rings is 1. The van der Waals surface area contributed by atoms with E-state index in [1.54, 1.807) is 7.05 Å². The van der Waals surface area contributed by atoms with Gasteiger partial charge in [0, 0.05) is 13.2 Å². The lowest BCUT2D eigenvalue weighted by molar-refractivity contribution is 0.0696. The molecule has 0 atom stereocenters. The number of carboxylic acids is 1. The van der Waals surface area contributed by atoms with E-state index >= 15 is 0 Å². The van der Waals surface area contributed by atoms with Crippen LogP contribution in [0.1, 0.15) is 16.1 Å². The van der Waals surface area contributed by atoms with E-state index in [-0.39, 0.29) is 16.2 Å². The zero-order valence-corrected chi connectivity index (χ0v) is 10.8. The van der Waals surface area contributed by atoms with Crippen molar-refractivity contribution < 1.29 is 18.3 Å². The second-order valence-electron chi connectivity index (χ2n) is 3.97. The highest BCUT2D eigenvalue weighted by atomic mass is 32.2. The van der Waals surface area contributed by atoms with Crippen LogP contribution in [0, 0.1) is 0 Å². The van der Waals surface area contributed by atoms with Gasteiger partial charge >= 0.3 is 5.97 Å². The highest BCUT2D eigenvalue weighted by Gasteiger charge is 2.17. The number of aromatic nitrogens is 3. The monoisotopic (exact) mass is 281 g/mol. The third-order valence-electron chi connectivity index (χ3n) is 2.45. The van der Waals surface area contributed by atoms with E-state index in [9.17, 15) is 13.2 Å². The van der Waals surface area contributed by atoms with Gasteiger partial charge in [-0.3, -0.25) is 4.68 Å². The Balaban J connectivity index is 2.26. The van der Waals surface area contributed by atoms with Gasteiger partial charge in [-0.15, -0.1) is 5.10 Å². The van der Waals surface area contributed by atoms with Crippen LogP contribution in [0.25, 0.3) is 0 Å². The van der Waals surface area contributed by atoms with E-state index in [0.29, 0.717) is 5.69 Å². The molecule has 1 heterocycles. The summed E-state index contributed by atoms with van der Waals surface area (Å²) in [6.07, 6.45) is 1.52. The molecular weight excluding hydrogens is 270 g/mol. The zero-order chi connectivity index (χ0) is 14.0. The quantitative estimate of drug-likeness (QED) is 0.874. The summed E-state index contributed by atoms with van der Waals surface area (Å²) in [5.74, 6) is -1.37. The normalized spacial score (nSPS) is 11.4. The fourth-order valence-corrected chi connectivity index (χ4v) is 2.78. The Labute approximate surface area is 109 Å². The lowest BCUT2D eigenvalue weighted by atomic mass is 10.2. The number of sulfone groups is 1. The Kier molecular flexibility index (Phi) is 3.34. The molecule has 100 valence electrons. The first kappa shape index (κ1) is 13.2. The van der Waals surface area contributed by atoms with Gasteiger partial charge in [-0.25, -0.2) is 13.2 Å². The molecule has 8 heteroatoms. The second-order valence-corrected chi connectivity index (χ2v) is 5.96. The molecule has 2 aromatic rings. The van der Waals surface area contributed by atoms with Crippen molar-refractivity contribution in [2.45, 2.75) is 10.6 Å². The third-order valence-corrected chi connectivity index (χ3v) is 4.11. The van der Waals surface area contributed by atoms with Crippen LogP contribution in [0.4, 0.5) is 0 Å². The van der Waals surface area contributed by atoms with Gasteiger partial charge in [-0.05, 0) is 24.3 Å². The lowest BCUT2D eigenvalue weighted by Crippen LogP contribution is -2.06. The summed E-state index contributed by atoms with van der Waals surface area (Å²) in [5.41, 5.74) is 0.378. The van der Waals surface area contributed by atoms with E-state index in [0.717, 1.165) is 0 Å². The largest absolute Gasteiger partial charge is 0.478 e. The molecule has 0 amide bonds. The van der Waals surface area contributed by atoms with Crippen molar-refractivity contribution in [3.8, 4) is 0 Å². The Morgan fingerprint density at radius 1 is 1.32 bits per heavy atom. The zero-order valence-electron chi connectivity index (χ0n) is 10.0. The van der Waals surface area contributed by atoms with Gasteiger partial charge < -0.3 is 5.11 Å².